The Hall–Kier alpha value is -3.82. The second kappa shape index (κ2) is 12.2. The van der Waals surface area contributed by atoms with E-state index in [1.54, 1.807) is 31.2 Å². The summed E-state index contributed by atoms with van der Waals surface area (Å²) >= 11 is 12.5. The Morgan fingerprint density at radius 2 is 1.78 bits per heavy atom. The zero-order valence-electron chi connectivity index (χ0n) is 19.0. The van der Waals surface area contributed by atoms with Gasteiger partial charge in [0.25, 0.3) is 11.8 Å². The fourth-order valence-corrected chi connectivity index (χ4v) is 3.91. The van der Waals surface area contributed by atoms with Gasteiger partial charge in [-0.15, -0.1) is 0 Å². The fraction of sp³-hybridized carbons (Fsp3) is 0.200. The van der Waals surface area contributed by atoms with E-state index in [4.69, 9.17) is 32.0 Å². The molecule has 2 aromatic heterocycles. The van der Waals surface area contributed by atoms with E-state index < -0.39 is 30.4 Å². The highest BCUT2D eigenvalue weighted by atomic mass is 35.5. The van der Waals surface area contributed by atoms with Crippen LogP contribution in [0.15, 0.2) is 57.8 Å². The number of aryl methyl sites for hydroxylation is 2. The normalized spacial score (nSPS) is 11.9. The Labute approximate surface area is 216 Å². The number of ketones is 1. The smallest absolute Gasteiger partial charge is 0.328 e. The Balaban J connectivity index is 1.61. The molecule has 0 spiro atoms. The number of halogens is 2. The largest absolute Gasteiger partial charge is 0.480 e. The van der Waals surface area contributed by atoms with E-state index in [-0.39, 0.29) is 33.6 Å². The van der Waals surface area contributed by atoms with Crippen molar-refractivity contribution in [2.75, 3.05) is 6.54 Å². The lowest BCUT2D eigenvalue weighted by atomic mass is 10.0. The number of hydrogen-bond donors (Lipinski definition) is 3. The topological polar surface area (TPSA) is 139 Å². The summed E-state index contributed by atoms with van der Waals surface area (Å²) in [6.07, 6.45) is 6.29. The van der Waals surface area contributed by atoms with Crippen LogP contribution in [0.4, 0.5) is 0 Å². The zero-order chi connectivity index (χ0) is 26.2. The highest BCUT2D eigenvalue weighted by Gasteiger charge is 2.25. The molecule has 3 rings (SSSR count). The average Bonchev–Trinajstić information content (AvgIpc) is 3.50. The summed E-state index contributed by atoms with van der Waals surface area (Å²) in [5.41, 5.74) is 1.08. The van der Waals surface area contributed by atoms with Crippen LogP contribution in [0.1, 0.15) is 44.2 Å². The molecule has 9 nitrogen and oxygen atoms in total. The lowest BCUT2D eigenvalue weighted by molar-refractivity contribution is -0.139. The van der Waals surface area contributed by atoms with E-state index in [0.29, 0.717) is 23.3 Å². The number of carboxylic acids is 1. The Morgan fingerprint density at radius 3 is 2.36 bits per heavy atom. The standard InChI is InChI=1S/C25H22Cl2N2O7/c1-14-8-10-36-22(14)24(32)28-13-20(25(33)34)29-23(31)21-18(26)11-15(12-19(21)27)4-5-16(30)6-7-17-3-2-9-35-17/h2-3,6-12,20H,4-5,13H2,1H3,(H,28,32)(H,29,31)(H,33,34)/b7-6+/t20-/m0/s1. The van der Waals surface area contributed by atoms with E-state index in [1.165, 1.54) is 30.7 Å². The number of nitrogens with one attached hydrogen (secondary N) is 2. The van der Waals surface area contributed by atoms with Gasteiger partial charge in [0.15, 0.2) is 11.5 Å². The average molecular weight is 533 g/mol. The number of aliphatic carboxylic acids is 1. The summed E-state index contributed by atoms with van der Waals surface area (Å²) in [6.45, 7) is 1.26. The molecule has 36 heavy (non-hydrogen) atoms. The summed E-state index contributed by atoms with van der Waals surface area (Å²) in [7, 11) is 0. The van der Waals surface area contributed by atoms with Crippen molar-refractivity contribution in [1.29, 1.82) is 0 Å². The van der Waals surface area contributed by atoms with Gasteiger partial charge in [-0.2, -0.15) is 0 Å². The lowest BCUT2D eigenvalue weighted by Gasteiger charge is -2.17. The van der Waals surface area contributed by atoms with E-state index >= 15 is 0 Å². The second-order valence-corrected chi connectivity index (χ2v) is 8.57. The first kappa shape index (κ1) is 26.8. The second-order valence-electron chi connectivity index (χ2n) is 7.76. The molecule has 0 saturated carbocycles. The van der Waals surface area contributed by atoms with Crippen LogP contribution in [0.5, 0.6) is 0 Å². The van der Waals surface area contributed by atoms with Crippen molar-refractivity contribution in [3.63, 3.8) is 0 Å². The summed E-state index contributed by atoms with van der Waals surface area (Å²) in [5.74, 6) is -2.36. The molecule has 0 aliphatic rings. The summed E-state index contributed by atoms with van der Waals surface area (Å²) in [4.78, 5) is 48.7. The Kier molecular flexibility index (Phi) is 9.10. The molecule has 0 aliphatic heterocycles. The number of hydrogen-bond acceptors (Lipinski definition) is 6. The quantitative estimate of drug-likeness (QED) is 0.312. The molecule has 1 atom stereocenters. The van der Waals surface area contributed by atoms with Crippen LogP contribution in [0.2, 0.25) is 10.0 Å². The molecule has 1 aromatic carbocycles. The van der Waals surface area contributed by atoms with Gasteiger partial charge in [-0.3, -0.25) is 14.4 Å². The van der Waals surface area contributed by atoms with Crippen molar-refractivity contribution >= 4 is 52.8 Å². The SMILES string of the molecule is Cc1ccoc1C(=O)NC[C@H](NC(=O)c1c(Cl)cc(CCC(=O)/C=C/c2ccco2)cc1Cl)C(=O)O. The third-order valence-electron chi connectivity index (χ3n) is 5.10. The predicted octanol–water partition coefficient (Wildman–Crippen LogP) is 4.32. The van der Waals surface area contributed by atoms with Crippen LogP contribution in [0.3, 0.4) is 0 Å². The first-order chi connectivity index (χ1) is 17.2. The Bertz CT molecular complexity index is 1270. The van der Waals surface area contributed by atoms with Crippen LogP contribution in [-0.4, -0.2) is 41.3 Å². The van der Waals surface area contributed by atoms with Crippen LogP contribution < -0.4 is 10.6 Å². The number of benzene rings is 1. The van der Waals surface area contributed by atoms with Crippen molar-refractivity contribution in [1.82, 2.24) is 10.6 Å². The zero-order valence-corrected chi connectivity index (χ0v) is 20.6. The molecular weight excluding hydrogens is 511 g/mol. The number of carboxylic acid groups (broad SMARTS) is 1. The predicted molar refractivity (Wildman–Crippen MR) is 132 cm³/mol. The van der Waals surface area contributed by atoms with Crippen LogP contribution in [0, 0.1) is 6.92 Å². The highest BCUT2D eigenvalue weighted by Crippen LogP contribution is 2.27. The summed E-state index contributed by atoms with van der Waals surface area (Å²) in [6, 6.07) is 6.54. The summed E-state index contributed by atoms with van der Waals surface area (Å²) in [5, 5.41) is 14.2. The molecule has 0 unspecified atom stereocenters. The van der Waals surface area contributed by atoms with E-state index in [2.05, 4.69) is 10.6 Å². The highest BCUT2D eigenvalue weighted by molar-refractivity contribution is 6.39. The molecule has 2 heterocycles. The van der Waals surface area contributed by atoms with Gasteiger partial charge in [-0.1, -0.05) is 23.2 Å². The number of carbonyl (C=O) groups is 4. The molecular formula is C25H22Cl2N2O7. The van der Waals surface area contributed by atoms with Crippen LogP contribution in [-0.2, 0) is 16.0 Å². The molecule has 0 bridgehead atoms. The lowest BCUT2D eigenvalue weighted by Crippen LogP contribution is -2.48. The monoisotopic (exact) mass is 532 g/mol. The summed E-state index contributed by atoms with van der Waals surface area (Å²) < 4.78 is 10.2. The van der Waals surface area contributed by atoms with E-state index in [0.717, 1.165) is 0 Å². The van der Waals surface area contributed by atoms with Gasteiger partial charge in [0.2, 0.25) is 0 Å². The fourth-order valence-electron chi connectivity index (χ4n) is 3.21. The van der Waals surface area contributed by atoms with Crippen LogP contribution in [0.25, 0.3) is 6.08 Å². The molecule has 0 aliphatic carbocycles. The first-order valence-electron chi connectivity index (χ1n) is 10.7. The Morgan fingerprint density at radius 1 is 1.06 bits per heavy atom. The minimum absolute atomic E-state index is 0.00652. The third-order valence-corrected chi connectivity index (χ3v) is 5.70. The van der Waals surface area contributed by atoms with Gasteiger partial charge in [0.1, 0.15) is 11.8 Å². The molecule has 0 radical (unpaired) electrons. The molecule has 2 amide bonds. The van der Waals surface area contributed by atoms with Gasteiger partial charge < -0.3 is 24.6 Å². The maximum Gasteiger partial charge on any atom is 0.328 e. The van der Waals surface area contributed by atoms with E-state index in [1.807, 2.05) is 0 Å². The van der Waals surface area contributed by atoms with Crippen molar-refractivity contribution < 1.29 is 33.1 Å². The molecule has 3 aromatic rings. The number of rotatable bonds is 11. The minimum atomic E-state index is -1.46. The van der Waals surface area contributed by atoms with Crippen LogP contribution >= 0.6 is 23.2 Å². The minimum Gasteiger partial charge on any atom is -0.480 e. The van der Waals surface area contributed by atoms with Gasteiger partial charge in [0.05, 0.1) is 28.1 Å². The molecule has 11 heteroatoms. The number of carbonyl (C=O) groups excluding carboxylic acids is 3. The van der Waals surface area contributed by atoms with Crippen molar-refractivity contribution in [3.05, 3.63) is 87.2 Å². The maximum absolute atomic E-state index is 12.8. The molecule has 0 saturated heterocycles. The van der Waals surface area contributed by atoms with E-state index in [9.17, 15) is 24.3 Å². The van der Waals surface area contributed by atoms with Gasteiger partial charge in [0, 0.05) is 18.5 Å². The van der Waals surface area contributed by atoms with Gasteiger partial charge in [-0.25, -0.2) is 4.79 Å². The van der Waals surface area contributed by atoms with Crippen molar-refractivity contribution in [2.24, 2.45) is 0 Å². The molecule has 3 N–H and O–H groups in total. The van der Waals surface area contributed by atoms with Gasteiger partial charge in [-0.05, 0) is 61.4 Å². The molecule has 188 valence electrons. The van der Waals surface area contributed by atoms with Gasteiger partial charge >= 0.3 is 5.97 Å². The number of allylic oxidation sites excluding steroid dienone is 1. The maximum atomic E-state index is 12.8. The molecule has 0 fully saturated rings. The first-order valence-corrected chi connectivity index (χ1v) is 11.5. The number of amides is 2. The van der Waals surface area contributed by atoms with Crippen molar-refractivity contribution in [3.8, 4) is 0 Å². The number of furan rings is 2. The van der Waals surface area contributed by atoms with Crippen molar-refractivity contribution in [2.45, 2.75) is 25.8 Å². The third kappa shape index (κ3) is 7.10.